The first kappa shape index (κ1) is 16.5. The van der Waals surface area contributed by atoms with Crippen LogP contribution in [0.5, 0.6) is 0 Å². The Balaban J connectivity index is 1.96. The number of fused-ring (bicyclic) bond motifs is 1. The number of thiophene rings is 1. The molecule has 0 aliphatic heterocycles. The Morgan fingerprint density at radius 2 is 2.00 bits per heavy atom. The van der Waals surface area contributed by atoms with E-state index in [1.165, 1.54) is 28.4 Å². The van der Waals surface area contributed by atoms with Gasteiger partial charge in [0.15, 0.2) is 0 Å². The number of anilines is 1. The van der Waals surface area contributed by atoms with Crippen molar-refractivity contribution >= 4 is 38.6 Å². The van der Waals surface area contributed by atoms with Crippen LogP contribution in [-0.2, 0) is 6.54 Å². The van der Waals surface area contributed by atoms with E-state index >= 15 is 0 Å². The lowest BCUT2D eigenvalue weighted by Gasteiger charge is -2.18. The standard InChI is InChI=1S/C14H11N5O5S/c1-17(7-12-15-9-4-5-25-13(9)14(20)16-12)10-3-2-8(18(21)22)6-11(10)19(23)24/h2-6H,7H2,1H3,(H,15,16,20). The normalized spacial score (nSPS) is 10.8. The molecule has 10 nitrogen and oxygen atoms in total. The van der Waals surface area contributed by atoms with Gasteiger partial charge >= 0.3 is 0 Å². The maximum atomic E-state index is 12.0. The first-order chi connectivity index (χ1) is 11.9. The largest absolute Gasteiger partial charge is 0.362 e. The summed E-state index contributed by atoms with van der Waals surface area (Å²) in [5.74, 6) is 0.339. The molecule has 3 aromatic rings. The minimum absolute atomic E-state index is 0.0969. The quantitative estimate of drug-likeness (QED) is 0.544. The van der Waals surface area contributed by atoms with E-state index in [0.29, 0.717) is 16.0 Å². The Kier molecular flexibility index (Phi) is 4.15. The molecule has 0 unspecified atom stereocenters. The fraction of sp³-hybridized carbons (Fsp3) is 0.143. The molecule has 2 heterocycles. The number of hydrogen-bond donors (Lipinski definition) is 1. The van der Waals surface area contributed by atoms with Crippen molar-refractivity contribution in [2.45, 2.75) is 6.54 Å². The third-order valence-electron chi connectivity index (χ3n) is 3.53. The molecule has 1 N–H and O–H groups in total. The summed E-state index contributed by atoms with van der Waals surface area (Å²) >= 11 is 1.28. The highest BCUT2D eigenvalue weighted by atomic mass is 32.1. The van der Waals surface area contributed by atoms with E-state index in [0.717, 1.165) is 6.07 Å². The zero-order chi connectivity index (χ0) is 18.1. The molecule has 0 bridgehead atoms. The van der Waals surface area contributed by atoms with Crippen LogP contribution in [0.1, 0.15) is 5.82 Å². The molecule has 25 heavy (non-hydrogen) atoms. The molecule has 3 rings (SSSR count). The first-order valence-corrected chi connectivity index (χ1v) is 7.85. The van der Waals surface area contributed by atoms with Gasteiger partial charge in [-0.05, 0) is 17.5 Å². The highest BCUT2D eigenvalue weighted by Gasteiger charge is 2.22. The molecule has 0 amide bonds. The van der Waals surface area contributed by atoms with Crippen LogP contribution in [0.4, 0.5) is 17.1 Å². The van der Waals surface area contributed by atoms with Crippen molar-refractivity contribution in [3.63, 3.8) is 0 Å². The van der Waals surface area contributed by atoms with Gasteiger partial charge in [0, 0.05) is 13.1 Å². The maximum Gasteiger partial charge on any atom is 0.299 e. The minimum atomic E-state index is -0.694. The topological polar surface area (TPSA) is 135 Å². The van der Waals surface area contributed by atoms with Crippen LogP contribution in [0.2, 0.25) is 0 Å². The Labute approximate surface area is 143 Å². The number of nitro groups is 2. The molecule has 0 aliphatic carbocycles. The molecule has 0 spiro atoms. The summed E-state index contributed by atoms with van der Waals surface area (Å²) in [6.07, 6.45) is 0. The van der Waals surface area contributed by atoms with Crippen molar-refractivity contribution in [2.24, 2.45) is 0 Å². The zero-order valence-corrected chi connectivity index (χ0v) is 13.6. The summed E-state index contributed by atoms with van der Waals surface area (Å²) in [7, 11) is 1.58. The second-order valence-electron chi connectivity index (χ2n) is 5.19. The molecular formula is C14H11N5O5S. The highest BCUT2D eigenvalue weighted by molar-refractivity contribution is 7.17. The van der Waals surface area contributed by atoms with Crippen LogP contribution in [0, 0.1) is 20.2 Å². The van der Waals surface area contributed by atoms with Crippen molar-refractivity contribution in [1.29, 1.82) is 0 Å². The minimum Gasteiger partial charge on any atom is -0.362 e. The van der Waals surface area contributed by atoms with Gasteiger partial charge in [-0.1, -0.05) is 0 Å². The summed E-state index contributed by atoms with van der Waals surface area (Å²) in [6.45, 7) is 0.0969. The van der Waals surface area contributed by atoms with E-state index in [9.17, 15) is 25.0 Å². The van der Waals surface area contributed by atoms with Gasteiger partial charge in [0.05, 0.1) is 28.0 Å². The number of H-pyrrole nitrogens is 1. The molecule has 0 fully saturated rings. The van der Waals surface area contributed by atoms with Crippen LogP contribution in [0.25, 0.3) is 10.2 Å². The molecule has 2 aromatic heterocycles. The number of aromatic amines is 1. The van der Waals surface area contributed by atoms with E-state index in [-0.39, 0.29) is 23.5 Å². The number of benzene rings is 1. The van der Waals surface area contributed by atoms with Crippen molar-refractivity contribution in [3.8, 4) is 0 Å². The molecule has 1 aromatic carbocycles. The fourth-order valence-corrected chi connectivity index (χ4v) is 3.13. The van der Waals surface area contributed by atoms with E-state index in [1.54, 1.807) is 18.5 Å². The number of nitrogens with one attached hydrogen (secondary N) is 1. The summed E-state index contributed by atoms with van der Waals surface area (Å²) in [4.78, 5) is 41.1. The van der Waals surface area contributed by atoms with Crippen molar-refractivity contribution in [1.82, 2.24) is 9.97 Å². The molecule has 0 saturated carbocycles. The number of rotatable bonds is 5. The molecular weight excluding hydrogens is 350 g/mol. The van der Waals surface area contributed by atoms with Crippen LogP contribution in [0.15, 0.2) is 34.4 Å². The third kappa shape index (κ3) is 3.17. The molecule has 0 atom stereocenters. The first-order valence-electron chi connectivity index (χ1n) is 6.97. The molecule has 0 saturated heterocycles. The third-order valence-corrected chi connectivity index (χ3v) is 4.43. The summed E-state index contributed by atoms with van der Waals surface area (Å²) < 4.78 is 0.507. The summed E-state index contributed by atoms with van der Waals surface area (Å²) in [5, 5.41) is 23.8. The van der Waals surface area contributed by atoms with Gasteiger partial charge in [-0.3, -0.25) is 25.0 Å². The number of non-ortho nitro benzene ring substituents is 1. The molecule has 0 aliphatic rings. The zero-order valence-electron chi connectivity index (χ0n) is 12.8. The lowest BCUT2D eigenvalue weighted by molar-refractivity contribution is -0.393. The highest BCUT2D eigenvalue weighted by Crippen LogP contribution is 2.31. The Morgan fingerprint density at radius 3 is 2.68 bits per heavy atom. The number of hydrogen-bond acceptors (Lipinski definition) is 8. The smallest absolute Gasteiger partial charge is 0.299 e. The van der Waals surface area contributed by atoms with Gasteiger partial charge in [0.2, 0.25) is 0 Å². The monoisotopic (exact) mass is 361 g/mol. The van der Waals surface area contributed by atoms with Crippen LogP contribution >= 0.6 is 11.3 Å². The van der Waals surface area contributed by atoms with Gasteiger partial charge in [-0.15, -0.1) is 11.3 Å². The van der Waals surface area contributed by atoms with Crippen LogP contribution in [-0.4, -0.2) is 26.9 Å². The van der Waals surface area contributed by atoms with Gasteiger partial charge < -0.3 is 9.88 Å². The second kappa shape index (κ2) is 6.28. The maximum absolute atomic E-state index is 12.0. The number of aromatic nitrogens is 2. The summed E-state index contributed by atoms with van der Waals surface area (Å²) in [5.41, 5.74) is -0.300. The predicted octanol–water partition coefficient (Wildman–Crippen LogP) is 2.44. The van der Waals surface area contributed by atoms with E-state index in [4.69, 9.17) is 0 Å². The lowest BCUT2D eigenvalue weighted by atomic mass is 10.2. The van der Waals surface area contributed by atoms with E-state index < -0.39 is 15.5 Å². The lowest BCUT2D eigenvalue weighted by Crippen LogP contribution is -2.22. The fourth-order valence-electron chi connectivity index (χ4n) is 2.40. The summed E-state index contributed by atoms with van der Waals surface area (Å²) in [6, 6.07) is 5.12. The van der Waals surface area contributed by atoms with Gasteiger partial charge in [0.25, 0.3) is 16.9 Å². The second-order valence-corrected chi connectivity index (χ2v) is 6.11. The number of nitrogens with zero attached hydrogens (tertiary/aromatic N) is 4. The molecule has 11 heteroatoms. The van der Waals surface area contributed by atoms with Crippen molar-refractivity contribution < 1.29 is 9.85 Å². The Bertz CT molecular complexity index is 1040. The average molecular weight is 361 g/mol. The van der Waals surface area contributed by atoms with Gasteiger partial charge in [-0.25, -0.2) is 4.98 Å². The Morgan fingerprint density at radius 1 is 1.24 bits per heavy atom. The average Bonchev–Trinajstić information content (AvgIpc) is 3.03. The van der Waals surface area contributed by atoms with Crippen LogP contribution < -0.4 is 10.5 Å². The van der Waals surface area contributed by atoms with E-state index in [2.05, 4.69) is 9.97 Å². The van der Waals surface area contributed by atoms with Crippen molar-refractivity contribution in [2.75, 3.05) is 11.9 Å². The molecule has 0 radical (unpaired) electrons. The van der Waals surface area contributed by atoms with Crippen molar-refractivity contribution in [3.05, 3.63) is 66.1 Å². The Hall–Kier alpha value is -3.34. The molecule has 128 valence electrons. The SMILES string of the molecule is CN(Cc1nc2ccsc2c(=O)[nH]1)c1ccc([N+](=O)[O-])cc1[N+](=O)[O-]. The van der Waals surface area contributed by atoms with Gasteiger partial charge in [0.1, 0.15) is 16.2 Å². The number of nitro benzene ring substituents is 2. The van der Waals surface area contributed by atoms with E-state index in [1.807, 2.05) is 0 Å². The van der Waals surface area contributed by atoms with Gasteiger partial charge in [-0.2, -0.15) is 0 Å². The van der Waals surface area contributed by atoms with Crippen LogP contribution in [0.3, 0.4) is 0 Å². The predicted molar refractivity (Wildman–Crippen MR) is 92.1 cm³/mol.